The van der Waals surface area contributed by atoms with Crippen molar-refractivity contribution in [2.45, 2.75) is 26.1 Å². The lowest BCUT2D eigenvalue weighted by atomic mass is 10.2. The molecule has 18 heavy (non-hydrogen) atoms. The zero-order chi connectivity index (χ0) is 13.0. The highest BCUT2D eigenvalue weighted by atomic mass is 35.5. The first-order valence-electron chi connectivity index (χ1n) is 6.01. The average Bonchev–Trinajstić information content (AvgIpc) is 2.41. The van der Waals surface area contributed by atoms with Gasteiger partial charge in [-0.25, -0.2) is 4.98 Å². The lowest BCUT2D eigenvalue weighted by Gasteiger charge is -2.09. The molecule has 0 saturated heterocycles. The fourth-order valence-corrected chi connectivity index (χ4v) is 1.89. The van der Waals surface area contributed by atoms with Crippen LogP contribution >= 0.6 is 11.6 Å². The second-order valence-electron chi connectivity index (χ2n) is 4.20. The normalized spacial score (nSPS) is 10.4. The fraction of sp³-hybridized carbons (Fsp3) is 0.267. The van der Waals surface area contributed by atoms with Crippen molar-refractivity contribution in [1.29, 1.82) is 0 Å². The Morgan fingerprint density at radius 1 is 1.22 bits per heavy atom. The lowest BCUT2D eigenvalue weighted by molar-refractivity contribution is 0.458. The van der Waals surface area contributed by atoms with Gasteiger partial charge < -0.3 is 4.74 Å². The minimum absolute atomic E-state index is 0.472. The van der Waals surface area contributed by atoms with E-state index < -0.39 is 0 Å². The number of halogens is 1. The Bertz CT molecular complexity index is 540. The van der Waals surface area contributed by atoms with Gasteiger partial charge in [0.25, 0.3) is 0 Å². The molecule has 94 valence electrons. The number of hydrogen-bond donors (Lipinski definition) is 0. The van der Waals surface area contributed by atoms with Crippen molar-refractivity contribution >= 4 is 11.6 Å². The van der Waals surface area contributed by atoms with Crippen molar-refractivity contribution < 1.29 is 4.74 Å². The van der Waals surface area contributed by atoms with Crippen LogP contribution in [-0.2, 0) is 12.3 Å². The molecule has 0 saturated carbocycles. The molecular formula is C15H16ClNO. The van der Waals surface area contributed by atoms with Crippen molar-refractivity contribution in [3.63, 3.8) is 0 Å². The molecule has 2 rings (SSSR count). The van der Waals surface area contributed by atoms with E-state index in [1.54, 1.807) is 6.20 Å². The van der Waals surface area contributed by atoms with Gasteiger partial charge in [0.1, 0.15) is 5.75 Å². The topological polar surface area (TPSA) is 22.1 Å². The molecule has 1 heterocycles. The maximum atomic E-state index is 5.80. The smallest absolute Gasteiger partial charge is 0.222 e. The molecule has 0 atom stereocenters. The van der Waals surface area contributed by atoms with Crippen LogP contribution in [0.15, 0.2) is 36.5 Å². The van der Waals surface area contributed by atoms with Crippen LogP contribution in [0.3, 0.4) is 0 Å². The first kappa shape index (κ1) is 12.9. The summed E-state index contributed by atoms with van der Waals surface area (Å²) in [4.78, 5) is 4.29. The second-order valence-corrected chi connectivity index (χ2v) is 4.47. The molecule has 0 bridgehead atoms. The predicted molar refractivity (Wildman–Crippen MR) is 74.4 cm³/mol. The molecule has 2 nitrogen and oxygen atoms in total. The Labute approximate surface area is 113 Å². The van der Waals surface area contributed by atoms with Gasteiger partial charge in [-0.05, 0) is 42.7 Å². The summed E-state index contributed by atoms with van der Waals surface area (Å²) in [6.45, 7) is 4.10. The molecule has 0 N–H and O–H groups in total. The van der Waals surface area contributed by atoms with Crippen molar-refractivity contribution in [1.82, 2.24) is 4.98 Å². The summed E-state index contributed by atoms with van der Waals surface area (Å²) in [5, 5.41) is 0. The molecule has 0 amide bonds. The van der Waals surface area contributed by atoms with Gasteiger partial charge in [-0.15, -0.1) is 11.6 Å². The van der Waals surface area contributed by atoms with Crippen molar-refractivity contribution in [3.05, 3.63) is 53.2 Å². The van der Waals surface area contributed by atoms with Gasteiger partial charge in [0.05, 0.1) is 0 Å². The molecule has 3 heteroatoms. The first-order chi connectivity index (χ1) is 8.72. The summed E-state index contributed by atoms with van der Waals surface area (Å²) < 4.78 is 5.80. The second kappa shape index (κ2) is 5.87. The molecule has 0 radical (unpaired) electrons. The van der Waals surface area contributed by atoms with E-state index in [1.165, 1.54) is 5.56 Å². The third kappa shape index (κ3) is 3.02. The number of rotatable bonds is 4. The van der Waals surface area contributed by atoms with E-state index >= 15 is 0 Å². The van der Waals surface area contributed by atoms with Gasteiger partial charge in [-0.1, -0.05) is 19.1 Å². The van der Waals surface area contributed by atoms with Crippen LogP contribution in [0.1, 0.15) is 23.6 Å². The monoisotopic (exact) mass is 261 g/mol. The number of nitrogens with zero attached hydrogens (tertiary/aromatic N) is 1. The van der Waals surface area contributed by atoms with Gasteiger partial charge in [-0.2, -0.15) is 0 Å². The SMILES string of the molecule is CCc1cccc(Oc2ncc(CCl)cc2C)c1. The highest BCUT2D eigenvalue weighted by molar-refractivity contribution is 6.17. The molecule has 0 aliphatic carbocycles. The maximum absolute atomic E-state index is 5.80. The Balaban J connectivity index is 2.22. The molecule has 0 fully saturated rings. The summed E-state index contributed by atoms with van der Waals surface area (Å²) in [6.07, 6.45) is 2.74. The van der Waals surface area contributed by atoms with Crippen LogP contribution in [0.4, 0.5) is 0 Å². The van der Waals surface area contributed by atoms with Crippen LogP contribution in [0.2, 0.25) is 0 Å². The van der Waals surface area contributed by atoms with E-state index in [0.717, 1.165) is 23.3 Å². The van der Waals surface area contributed by atoms with E-state index in [4.69, 9.17) is 16.3 Å². The molecule has 1 aromatic heterocycles. The van der Waals surface area contributed by atoms with Crippen LogP contribution < -0.4 is 4.74 Å². The summed E-state index contributed by atoms with van der Waals surface area (Å²) in [5.74, 6) is 1.93. The third-order valence-electron chi connectivity index (χ3n) is 2.76. The van der Waals surface area contributed by atoms with Crippen molar-refractivity contribution in [2.75, 3.05) is 0 Å². The molecule has 0 unspecified atom stereocenters. The zero-order valence-electron chi connectivity index (χ0n) is 10.6. The quantitative estimate of drug-likeness (QED) is 0.757. The van der Waals surface area contributed by atoms with Gasteiger partial charge in [0.15, 0.2) is 0 Å². The molecule has 2 aromatic rings. The number of benzene rings is 1. The number of hydrogen-bond acceptors (Lipinski definition) is 2. The Morgan fingerprint density at radius 2 is 2.06 bits per heavy atom. The van der Waals surface area contributed by atoms with Gasteiger partial charge in [-0.3, -0.25) is 0 Å². The van der Waals surface area contributed by atoms with Crippen LogP contribution in [0.5, 0.6) is 11.6 Å². The standard InChI is InChI=1S/C15H16ClNO/c1-3-12-5-4-6-14(8-12)18-15-11(2)7-13(9-16)10-17-15/h4-8,10H,3,9H2,1-2H3. The number of ether oxygens (including phenoxy) is 1. The molecule has 1 aromatic carbocycles. The van der Waals surface area contributed by atoms with E-state index in [-0.39, 0.29) is 0 Å². The number of aromatic nitrogens is 1. The van der Waals surface area contributed by atoms with Crippen LogP contribution in [0.25, 0.3) is 0 Å². The van der Waals surface area contributed by atoms with E-state index in [9.17, 15) is 0 Å². The highest BCUT2D eigenvalue weighted by Crippen LogP contribution is 2.24. The van der Waals surface area contributed by atoms with Crippen molar-refractivity contribution in [2.24, 2.45) is 0 Å². The summed E-state index contributed by atoms with van der Waals surface area (Å²) in [5.41, 5.74) is 3.25. The molecule has 0 aliphatic rings. The number of aryl methyl sites for hydroxylation is 2. The van der Waals surface area contributed by atoms with Crippen molar-refractivity contribution in [3.8, 4) is 11.6 Å². The average molecular weight is 262 g/mol. The van der Waals surface area contributed by atoms with E-state index in [2.05, 4.69) is 18.0 Å². The number of alkyl halides is 1. The fourth-order valence-electron chi connectivity index (χ4n) is 1.74. The molecule has 0 aliphatic heterocycles. The molecular weight excluding hydrogens is 246 g/mol. The Kier molecular flexibility index (Phi) is 4.21. The predicted octanol–water partition coefficient (Wildman–Crippen LogP) is 4.48. The number of pyridine rings is 1. The Hall–Kier alpha value is -1.54. The molecule has 0 spiro atoms. The first-order valence-corrected chi connectivity index (χ1v) is 6.54. The summed E-state index contributed by atoms with van der Waals surface area (Å²) >= 11 is 5.77. The Morgan fingerprint density at radius 3 is 2.72 bits per heavy atom. The largest absolute Gasteiger partial charge is 0.439 e. The summed E-state index contributed by atoms with van der Waals surface area (Å²) in [6, 6.07) is 10.1. The van der Waals surface area contributed by atoms with Gasteiger partial charge in [0, 0.05) is 17.6 Å². The van der Waals surface area contributed by atoms with E-state index in [1.807, 2.05) is 31.2 Å². The summed E-state index contributed by atoms with van der Waals surface area (Å²) in [7, 11) is 0. The third-order valence-corrected chi connectivity index (χ3v) is 3.07. The zero-order valence-corrected chi connectivity index (χ0v) is 11.4. The maximum Gasteiger partial charge on any atom is 0.222 e. The van der Waals surface area contributed by atoms with Gasteiger partial charge >= 0.3 is 0 Å². The lowest BCUT2D eigenvalue weighted by Crippen LogP contribution is -1.93. The highest BCUT2D eigenvalue weighted by Gasteiger charge is 2.04. The van der Waals surface area contributed by atoms with Gasteiger partial charge in [0.2, 0.25) is 5.88 Å². The minimum Gasteiger partial charge on any atom is -0.439 e. The van der Waals surface area contributed by atoms with Crippen LogP contribution in [-0.4, -0.2) is 4.98 Å². The van der Waals surface area contributed by atoms with Crippen LogP contribution in [0, 0.1) is 6.92 Å². The minimum atomic E-state index is 0.472. The van der Waals surface area contributed by atoms with E-state index in [0.29, 0.717) is 11.8 Å².